The molecule has 2 amide bonds. The summed E-state index contributed by atoms with van der Waals surface area (Å²) in [6, 6.07) is 15.2. The Bertz CT molecular complexity index is 818. The number of benzene rings is 2. The van der Waals surface area contributed by atoms with Gasteiger partial charge in [0.05, 0.1) is 0 Å². The van der Waals surface area contributed by atoms with Gasteiger partial charge in [-0.3, -0.25) is 9.59 Å². The highest BCUT2D eigenvalue weighted by Gasteiger charge is 2.26. The summed E-state index contributed by atoms with van der Waals surface area (Å²) in [4.78, 5) is 27.3. The predicted octanol–water partition coefficient (Wildman–Crippen LogP) is 4.78. The van der Waals surface area contributed by atoms with Crippen LogP contribution in [0, 0.1) is 0 Å². The number of carbonyl (C=O) groups is 2. The molecule has 0 aliphatic carbocycles. The normalized spacial score (nSPS) is 11.9. The molecule has 2 rings (SSSR count). The van der Waals surface area contributed by atoms with Crippen LogP contribution in [0.15, 0.2) is 48.5 Å². The van der Waals surface area contributed by atoms with E-state index >= 15 is 0 Å². The quantitative estimate of drug-likeness (QED) is 0.642. The Morgan fingerprint density at radius 1 is 1.00 bits per heavy atom. The molecule has 0 aliphatic rings. The summed E-state index contributed by atoms with van der Waals surface area (Å²) in [5.41, 5.74) is 3.23. The smallest absolute Gasteiger partial charge is 0.242 e. The SMILES string of the molecule is CCc1ccc(CCC(=O)N(Cc2ccccc2Cl)[C@@H](C)C(=O)NC(C)C)cc1. The van der Waals surface area contributed by atoms with E-state index in [1.807, 2.05) is 32.0 Å². The third kappa shape index (κ3) is 6.90. The summed E-state index contributed by atoms with van der Waals surface area (Å²) >= 11 is 6.30. The van der Waals surface area contributed by atoms with Crippen molar-refractivity contribution in [1.82, 2.24) is 10.2 Å². The zero-order chi connectivity index (χ0) is 21.4. The van der Waals surface area contributed by atoms with Crippen LogP contribution in [0.1, 0.15) is 50.8 Å². The van der Waals surface area contributed by atoms with Gasteiger partial charge in [0.2, 0.25) is 11.8 Å². The van der Waals surface area contributed by atoms with Gasteiger partial charge >= 0.3 is 0 Å². The number of aryl methyl sites for hydroxylation is 2. The molecular weight excluding hydrogens is 384 g/mol. The number of nitrogens with zero attached hydrogens (tertiary/aromatic N) is 1. The number of carbonyl (C=O) groups excluding carboxylic acids is 2. The maximum Gasteiger partial charge on any atom is 0.242 e. The molecule has 1 atom stereocenters. The molecule has 0 unspecified atom stereocenters. The Hall–Kier alpha value is -2.33. The van der Waals surface area contributed by atoms with E-state index in [0.29, 0.717) is 24.4 Å². The third-order valence-electron chi connectivity index (χ3n) is 4.96. The number of rotatable bonds is 9. The molecule has 0 bridgehead atoms. The Labute approximate surface area is 179 Å². The van der Waals surface area contributed by atoms with Crippen LogP contribution in [0.25, 0.3) is 0 Å². The molecule has 0 saturated heterocycles. The molecule has 2 aromatic rings. The molecule has 0 radical (unpaired) electrons. The van der Waals surface area contributed by atoms with Gasteiger partial charge in [-0.1, -0.05) is 61.0 Å². The van der Waals surface area contributed by atoms with Crippen LogP contribution in [-0.4, -0.2) is 28.8 Å². The van der Waals surface area contributed by atoms with Crippen LogP contribution in [0.5, 0.6) is 0 Å². The van der Waals surface area contributed by atoms with Crippen LogP contribution in [0.4, 0.5) is 0 Å². The summed E-state index contributed by atoms with van der Waals surface area (Å²) in [6.45, 7) is 8.01. The summed E-state index contributed by atoms with van der Waals surface area (Å²) in [5, 5.41) is 3.49. The maximum atomic E-state index is 13.1. The number of amides is 2. The zero-order valence-corrected chi connectivity index (χ0v) is 18.5. The van der Waals surface area contributed by atoms with Gasteiger partial charge in [0, 0.05) is 24.0 Å². The van der Waals surface area contributed by atoms with E-state index in [1.54, 1.807) is 17.9 Å². The second-order valence-corrected chi connectivity index (χ2v) is 8.03. The van der Waals surface area contributed by atoms with E-state index in [2.05, 4.69) is 36.5 Å². The number of hydrogen-bond acceptors (Lipinski definition) is 2. The zero-order valence-electron chi connectivity index (χ0n) is 17.7. The largest absolute Gasteiger partial charge is 0.352 e. The van der Waals surface area contributed by atoms with Crippen LogP contribution in [0.3, 0.4) is 0 Å². The first-order valence-corrected chi connectivity index (χ1v) is 10.6. The molecule has 0 fully saturated rings. The Morgan fingerprint density at radius 2 is 1.62 bits per heavy atom. The molecule has 29 heavy (non-hydrogen) atoms. The highest BCUT2D eigenvalue weighted by atomic mass is 35.5. The lowest BCUT2D eigenvalue weighted by atomic mass is 10.0. The van der Waals surface area contributed by atoms with Gasteiger partial charge in [-0.25, -0.2) is 0 Å². The van der Waals surface area contributed by atoms with Gasteiger partial charge in [-0.05, 0) is 56.4 Å². The fourth-order valence-electron chi connectivity index (χ4n) is 3.13. The number of halogens is 1. The first-order valence-electron chi connectivity index (χ1n) is 10.2. The average Bonchev–Trinajstić information content (AvgIpc) is 2.70. The van der Waals surface area contributed by atoms with Gasteiger partial charge in [0.1, 0.15) is 6.04 Å². The lowest BCUT2D eigenvalue weighted by molar-refractivity contribution is -0.140. The molecule has 0 aromatic heterocycles. The lowest BCUT2D eigenvalue weighted by Gasteiger charge is -2.29. The number of hydrogen-bond donors (Lipinski definition) is 1. The van der Waals surface area contributed by atoms with Crippen molar-refractivity contribution in [1.29, 1.82) is 0 Å². The van der Waals surface area contributed by atoms with Gasteiger partial charge < -0.3 is 10.2 Å². The monoisotopic (exact) mass is 414 g/mol. The number of nitrogens with one attached hydrogen (secondary N) is 1. The van der Waals surface area contributed by atoms with E-state index in [0.717, 1.165) is 17.5 Å². The topological polar surface area (TPSA) is 49.4 Å². The maximum absolute atomic E-state index is 13.1. The average molecular weight is 415 g/mol. The van der Waals surface area contributed by atoms with E-state index in [-0.39, 0.29) is 17.9 Å². The first kappa shape index (κ1) is 23.0. The van der Waals surface area contributed by atoms with Gasteiger partial charge in [-0.15, -0.1) is 0 Å². The molecular formula is C24H31ClN2O2. The van der Waals surface area contributed by atoms with Crippen LogP contribution >= 0.6 is 11.6 Å². The van der Waals surface area contributed by atoms with Gasteiger partial charge in [0.25, 0.3) is 0 Å². The molecule has 0 heterocycles. The van der Waals surface area contributed by atoms with Crippen molar-refractivity contribution in [2.75, 3.05) is 0 Å². The minimum Gasteiger partial charge on any atom is -0.352 e. The molecule has 0 saturated carbocycles. The molecule has 5 heteroatoms. The summed E-state index contributed by atoms with van der Waals surface area (Å²) < 4.78 is 0. The van der Waals surface area contributed by atoms with Crippen molar-refractivity contribution >= 4 is 23.4 Å². The van der Waals surface area contributed by atoms with Crippen molar-refractivity contribution in [2.24, 2.45) is 0 Å². The van der Waals surface area contributed by atoms with Crippen LogP contribution < -0.4 is 5.32 Å². The van der Waals surface area contributed by atoms with Crippen molar-refractivity contribution in [3.63, 3.8) is 0 Å². The minimum absolute atomic E-state index is 0.0132. The fourth-order valence-corrected chi connectivity index (χ4v) is 3.33. The third-order valence-corrected chi connectivity index (χ3v) is 5.32. The standard InChI is InChI=1S/C24H31ClN2O2/c1-5-19-10-12-20(13-11-19)14-15-23(28)27(18(4)24(29)26-17(2)3)16-21-8-6-7-9-22(21)25/h6-13,17-18H,5,14-16H2,1-4H3,(H,26,29)/t18-/m0/s1. The molecule has 0 aliphatic heterocycles. The molecule has 156 valence electrons. The summed E-state index contributed by atoms with van der Waals surface area (Å²) in [5.74, 6) is -0.219. The molecule has 4 nitrogen and oxygen atoms in total. The van der Waals surface area contributed by atoms with E-state index in [1.165, 1.54) is 5.56 Å². The Kier molecular flexibility index (Phi) is 8.71. The van der Waals surface area contributed by atoms with Crippen LogP contribution in [0.2, 0.25) is 5.02 Å². The van der Waals surface area contributed by atoms with Crippen LogP contribution in [-0.2, 0) is 29.0 Å². The Balaban J connectivity index is 2.14. The van der Waals surface area contributed by atoms with Crippen molar-refractivity contribution in [2.45, 2.75) is 65.6 Å². The minimum atomic E-state index is -0.580. The van der Waals surface area contributed by atoms with Crippen molar-refractivity contribution < 1.29 is 9.59 Å². The van der Waals surface area contributed by atoms with Gasteiger partial charge in [-0.2, -0.15) is 0 Å². The van der Waals surface area contributed by atoms with Crippen molar-refractivity contribution in [3.05, 3.63) is 70.2 Å². The summed E-state index contributed by atoms with van der Waals surface area (Å²) in [6.07, 6.45) is 1.98. The predicted molar refractivity (Wildman–Crippen MR) is 119 cm³/mol. The highest BCUT2D eigenvalue weighted by molar-refractivity contribution is 6.31. The highest BCUT2D eigenvalue weighted by Crippen LogP contribution is 2.20. The molecule has 0 spiro atoms. The van der Waals surface area contributed by atoms with Crippen molar-refractivity contribution in [3.8, 4) is 0 Å². The lowest BCUT2D eigenvalue weighted by Crippen LogP contribution is -2.49. The van der Waals surface area contributed by atoms with E-state index in [4.69, 9.17) is 11.6 Å². The first-order chi connectivity index (χ1) is 13.8. The fraction of sp³-hybridized carbons (Fsp3) is 0.417. The molecule has 2 aromatic carbocycles. The second-order valence-electron chi connectivity index (χ2n) is 7.62. The molecule has 1 N–H and O–H groups in total. The Morgan fingerprint density at radius 3 is 2.21 bits per heavy atom. The van der Waals surface area contributed by atoms with Gasteiger partial charge in [0.15, 0.2) is 0 Å². The second kappa shape index (κ2) is 11.0. The summed E-state index contributed by atoms with van der Waals surface area (Å²) in [7, 11) is 0. The van der Waals surface area contributed by atoms with E-state index in [9.17, 15) is 9.59 Å². The van der Waals surface area contributed by atoms with E-state index < -0.39 is 6.04 Å².